The number of unbranched alkanes of at least 4 members (excludes halogenated alkanes) is 22. The Morgan fingerprint density at radius 2 is 0.675 bits per heavy atom. The third-order valence-electron chi connectivity index (χ3n) is 22.1. The standard InChI is InChI=1S/C89H172N8O13S4/c1-16-75(4)106-72-111-67-47-27-39-59-91(11)55-35-19-21-43-63-96(65-45-25-31-51-83(101)94(14)61-41-29-49-69-113-74-108-77(6)18-3)85(103)53-33-23-37-57-93(13)58-38-24-34-54-86(104)97(64-44-22-20-36-56-92(12)60-40-28-48-68-112-73-107-76(5)17-2)66-46-26-32-52-84(102)95(15)62-42-30-50-70-114-89-87(90-79(8)98)88(109-81(10)100)78(7)82(110-89)71-105-80(9)99/h75-78,82,87-89H,16-74H2,1-15H3,(H,90,98)/t75?,76?,77?,78-,82?,87?,88-,89-/m0/s1. The van der Waals surface area contributed by atoms with Gasteiger partial charge < -0.3 is 68.0 Å². The summed E-state index contributed by atoms with van der Waals surface area (Å²) >= 11 is 7.21. The molecule has 0 saturated carbocycles. The molecular weight excluding hydrogens is 1520 g/mol. The van der Waals surface area contributed by atoms with Crippen LogP contribution in [0.5, 0.6) is 0 Å². The van der Waals surface area contributed by atoms with Gasteiger partial charge >= 0.3 is 11.9 Å². The molecule has 25 heteroatoms. The van der Waals surface area contributed by atoms with Gasteiger partial charge in [0.15, 0.2) is 0 Å². The minimum Gasteiger partial charge on any atom is -0.463 e. The summed E-state index contributed by atoms with van der Waals surface area (Å²) in [5, 5.41) is 2.94. The van der Waals surface area contributed by atoms with Crippen LogP contribution >= 0.6 is 47.0 Å². The van der Waals surface area contributed by atoms with E-state index in [1.165, 1.54) is 96.1 Å². The maximum absolute atomic E-state index is 14.0. The Labute approximate surface area is 714 Å². The third kappa shape index (κ3) is 61.7. The lowest BCUT2D eigenvalue weighted by Crippen LogP contribution is -2.61. The van der Waals surface area contributed by atoms with Gasteiger partial charge in [0.05, 0.1) is 42.2 Å². The molecule has 114 heavy (non-hydrogen) atoms. The normalized spacial score (nSPS) is 16.5. The lowest BCUT2D eigenvalue weighted by Gasteiger charge is -2.45. The average Bonchev–Trinajstić information content (AvgIpc) is 0.795. The topological polar surface area (TPSA) is 210 Å². The van der Waals surface area contributed by atoms with Gasteiger partial charge in [-0.2, -0.15) is 0 Å². The molecule has 0 aromatic carbocycles. The Morgan fingerprint density at radius 3 is 0.991 bits per heavy atom. The van der Waals surface area contributed by atoms with Gasteiger partial charge in [0.2, 0.25) is 29.5 Å². The molecule has 1 saturated heterocycles. The number of nitrogens with zero attached hydrogens (tertiary/aromatic N) is 7. The smallest absolute Gasteiger partial charge is 0.302 e. The number of ether oxygens (including phenoxy) is 6. The van der Waals surface area contributed by atoms with Crippen LogP contribution in [0.3, 0.4) is 0 Å². The second-order valence-corrected chi connectivity index (χ2v) is 37.1. The van der Waals surface area contributed by atoms with Gasteiger partial charge in [-0.05, 0) is 252 Å². The first-order valence-electron chi connectivity index (χ1n) is 45.4. The number of esters is 2. The highest BCUT2D eigenvalue weighted by molar-refractivity contribution is 8.00. The summed E-state index contributed by atoms with van der Waals surface area (Å²) in [7, 11) is 10.5. The highest BCUT2D eigenvalue weighted by Crippen LogP contribution is 2.35. The maximum Gasteiger partial charge on any atom is 0.302 e. The van der Waals surface area contributed by atoms with Crippen LogP contribution in [0, 0.1) is 5.92 Å². The Balaban J connectivity index is 2.72. The van der Waals surface area contributed by atoms with Crippen molar-refractivity contribution >= 4 is 88.5 Å². The molecule has 1 rings (SSSR count). The van der Waals surface area contributed by atoms with E-state index in [0.717, 1.165) is 274 Å². The molecule has 1 heterocycles. The van der Waals surface area contributed by atoms with Gasteiger partial charge in [-0.15, -0.1) is 47.0 Å². The van der Waals surface area contributed by atoms with E-state index in [2.05, 4.69) is 92.5 Å². The van der Waals surface area contributed by atoms with E-state index in [-0.39, 0.29) is 42.1 Å². The van der Waals surface area contributed by atoms with Crippen molar-refractivity contribution in [3.8, 4) is 0 Å². The molecule has 21 nitrogen and oxygen atoms in total. The van der Waals surface area contributed by atoms with E-state index in [1.54, 1.807) is 0 Å². The molecular formula is C89H172N8O13S4. The molecule has 0 aromatic rings. The summed E-state index contributed by atoms with van der Waals surface area (Å²) in [5.74, 6) is 5.92. The van der Waals surface area contributed by atoms with Gasteiger partial charge in [0.1, 0.15) is 24.2 Å². The monoisotopic (exact) mass is 1690 g/mol. The first-order valence-corrected chi connectivity index (χ1v) is 50.0. The molecule has 1 aliphatic heterocycles. The molecule has 670 valence electrons. The Morgan fingerprint density at radius 1 is 0.377 bits per heavy atom. The number of amides is 5. The summed E-state index contributed by atoms with van der Waals surface area (Å²) in [5.41, 5.74) is -0.517. The number of carbonyl (C=O) groups is 7. The lowest BCUT2D eigenvalue weighted by atomic mass is 9.89. The molecule has 1 N–H and O–H groups in total. The second kappa shape index (κ2) is 74.3. The van der Waals surface area contributed by atoms with Gasteiger partial charge in [0, 0.05) is 106 Å². The summed E-state index contributed by atoms with van der Waals surface area (Å²) in [6.07, 6.45) is 38.7. The molecule has 1 fully saturated rings. The van der Waals surface area contributed by atoms with Crippen molar-refractivity contribution in [3.63, 3.8) is 0 Å². The van der Waals surface area contributed by atoms with Crippen molar-refractivity contribution in [1.82, 2.24) is 39.6 Å². The molecule has 0 radical (unpaired) electrons. The lowest BCUT2D eigenvalue weighted by molar-refractivity contribution is -0.180. The zero-order valence-corrected chi connectivity index (χ0v) is 78.7. The van der Waals surface area contributed by atoms with Crippen LogP contribution in [0.15, 0.2) is 0 Å². The van der Waals surface area contributed by atoms with Gasteiger partial charge in [-0.25, -0.2) is 0 Å². The zero-order valence-electron chi connectivity index (χ0n) is 75.4. The fraction of sp³-hybridized carbons (Fsp3) is 0.921. The van der Waals surface area contributed by atoms with Crippen LogP contribution in [0.25, 0.3) is 0 Å². The fourth-order valence-corrected chi connectivity index (χ4v) is 17.6. The number of thioether (sulfide) groups is 4. The molecule has 0 spiro atoms. The first-order chi connectivity index (χ1) is 54.9. The zero-order chi connectivity index (χ0) is 84.2. The van der Waals surface area contributed by atoms with Crippen molar-refractivity contribution < 1.29 is 62.0 Å². The van der Waals surface area contributed by atoms with Crippen molar-refractivity contribution in [2.24, 2.45) is 5.92 Å². The first kappa shape index (κ1) is 109. The SMILES string of the molecule is CCC(C)OCSCCCCCN(C)CCCCCCN(CCCCCC(=O)N(C)CCCCCSCOC(C)CC)C(=O)CCCCCN(C)CCCCCC(=O)N(CCCCCCN(C)CCCCCSCOC(C)CC)CCCCCC(=O)N(C)CCCCCS[C@@H]1OC(COC(C)=O)[C@H](C)[C@H](OC(C)=O)C1NC(C)=O. The number of hydrogen-bond donors (Lipinski definition) is 1. The summed E-state index contributed by atoms with van der Waals surface area (Å²) < 4.78 is 34.8. The van der Waals surface area contributed by atoms with Crippen molar-refractivity contribution in [2.75, 3.05) is 161 Å². The Bertz CT molecular complexity index is 2390. The van der Waals surface area contributed by atoms with Crippen molar-refractivity contribution in [1.29, 1.82) is 0 Å². The van der Waals surface area contributed by atoms with E-state index < -0.39 is 35.6 Å². The van der Waals surface area contributed by atoms with Crippen LogP contribution in [-0.2, 0) is 62.0 Å². The quantitative estimate of drug-likeness (QED) is 0.0341. The summed E-state index contributed by atoms with van der Waals surface area (Å²) in [6.45, 7) is 29.9. The molecule has 1 aliphatic rings. The van der Waals surface area contributed by atoms with Crippen molar-refractivity contribution in [3.05, 3.63) is 0 Å². The molecule has 0 bridgehead atoms. The maximum atomic E-state index is 14.0. The van der Waals surface area contributed by atoms with Crippen LogP contribution < -0.4 is 5.32 Å². The fourth-order valence-electron chi connectivity index (χ4n) is 13.7. The molecule has 0 aromatic heterocycles. The highest BCUT2D eigenvalue weighted by atomic mass is 32.2. The van der Waals surface area contributed by atoms with E-state index >= 15 is 0 Å². The summed E-state index contributed by atoms with van der Waals surface area (Å²) in [4.78, 5) is 106. The second-order valence-electron chi connectivity index (χ2n) is 32.7. The average molecular weight is 1690 g/mol. The number of nitrogens with one attached hydrogen (secondary N) is 1. The minimum absolute atomic E-state index is 0.0185. The van der Waals surface area contributed by atoms with E-state index in [1.807, 2.05) is 66.1 Å². The largest absolute Gasteiger partial charge is 0.463 e. The van der Waals surface area contributed by atoms with E-state index in [4.69, 9.17) is 28.4 Å². The van der Waals surface area contributed by atoms with Gasteiger partial charge in [0.25, 0.3) is 0 Å². The number of carbonyl (C=O) groups excluding carboxylic acids is 7. The van der Waals surface area contributed by atoms with Crippen LogP contribution in [0.4, 0.5) is 0 Å². The Kier molecular flexibility index (Phi) is 71.3. The van der Waals surface area contributed by atoms with Gasteiger partial charge in [-0.1, -0.05) is 105 Å². The predicted molar refractivity (Wildman–Crippen MR) is 482 cm³/mol. The highest BCUT2D eigenvalue weighted by Gasteiger charge is 2.47. The van der Waals surface area contributed by atoms with Gasteiger partial charge in [-0.3, -0.25) is 33.6 Å². The molecule has 8 atom stereocenters. The predicted octanol–water partition coefficient (Wildman–Crippen LogP) is 18.0. The van der Waals surface area contributed by atoms with E-state index in [0.29, 0.717) is 50.5 Å². The van der Waals surface area contributed by atoms with Crippen LogP contribution in [-0.4, -0.2) is 279 Å². The third-order valence-corrected chi connectivity index (χ3v) is 26.0. The number of rotatable bonds is 79. The molecule has 0 aliphatic carbocycles. The van der Waals surface area contributed by atoms with E-state index in [9.17, 15) is 33.6 Å². The molecule has 5 unspecified atom stereocenters. The molecule has 5 amide bonds. The van der Waals surface area contributed by atoms with Crippen LogP contribution in [0.1, 0.15) is 320 Å². The number of hydrogen-bond acceptors (Lipinski definition) is 20. The van der Waals surface area contributed by atoms with Crippen LogP contribution in [0.2, 0.25) is 0 Å². The minimum atomic E-state index is -0.653. The summed E-state index contributed by atoms with van der Waals surface area (Å²) in [6, 6.07) is -0.573. The Hall–Kier alpha value is -2.59. The van der Waals surface area contributed by atoms with Crippen molar-refractivity contribution in [2.45, 2.75) is 362 Å².